The summed E-state index contributed by atoms with van der Waals surface area (Å²) in [7, 11) is -1.30. The highest BCUT2D eigenvalue weighted by atomic mass is 31.1. The first-order valence-electron chi connectivity index (χ1n) is 14.2. The number of nitrogens with two attached hydrogens (primary N) is 1. The minimum atomic E-state index is -2.71. The van der Waals surface area contributed by atoms with E-state index in [1.54, 1.807) is 24.3 Å². The molecule has 1 aliphatic rings. The number of hydrogen-bond donors (Lipinski definition) is 3. The largest absolute Gasteiger partial charge is 0.575 e. The number of imidazole rings is 1. The zero-order chi connectivity index (χ0) is 32.5. The molecule has 15 nitrogen and oxygen atoms in total. The SMILES string of the molecule is COc1nc(N)nc2c1ncn2C1O[C@H](COc2ccc3ccccc3c2O[P+]([O-])=N[C@@H](C)C(=O)OCC(C)C)[C@@H](O)[C@@]1(C)O. The Bertz CT molecular complexity index is 1730. The van der Waals surface area contributed by atoms with Gasteiger partial charge in [0.05, 0.1) is 20.0 Å². The number of aliphatic hydroxyl groups excluding tert-OH is 1. The van der Waals surface area contributed by atoms with Crippen molar-refractivity contribution in [1.82, 2.24) is 19.5 Å². The van der Waals surface area contributed by atoms with Crippen molar-refractivity contribution in [2.24, 2.45) is 10.7 Å². The zero-order valence-corrected chi connectivity index (χ0v) is 26.2. The summed E-state index contributed by atoms with van der Waals surface area (Å²) in [6.45, 7) is 6.68. The van der Waals surface area contributed by atoms with Crippen molar-refractivity contribution in [2.75, 3.05) is 26.1 Å². The number of hydrogen-bond acceptors (Lipinski definition) is 14. The van der Waals surface area contributed by atoms with Crippen molar-refractivity contribution in [3.8, 4) is 17.4 Å². The van der Waals surface area contributed by atoms with Crippen molar-refractivity contribution >= 4 is 42.0 Å². The lowest BCUT2D eigenvalue weighted by Gasteiger charge is -2.27. The molecule has 6 atom stereocenters. The third-order valence-corrected chi connectivity index (χ3v) is 8.06. The molecule has 2 unspecified atom stereocenters. The van der Waals surface area contributed by atoms with Crippen molar-refractivity contribution < 1.29 is 43.4 Å². The first kappa shape index (κ1) is 32.3. The Morgan fingerprint density at radius 1 is 1.24 bits per heavy atom. The highest BCUT2D eigenvalue weighted by molar-refractivity contribution is 7.34. The van der Waals surface area contributed by atoms with Crippen LogP contribution in [0.2, 0.25) is 0 Å². The molecule has 5 rings (SSSR count). The van der Waals surface area contributed by atoms with Crippen LogP contribution in [-0.4, -0.2) is 79.9 Å². The Labute approximate surface area is 259 Å². The van der Waals surface area contributed by atoms with Crippen LogP contribution in [0.25, 0.3) is 21.9 Å². The number of fused-ring (bicyclic) bond motifs is 2. The molecule has 45 heavy (non-hydrogen) atoms. The topological polar surface area (TPSA) is 209 Å². The van der Waals surface area contributed by atoms with Crippen LogP contribution in [-0.2, 0) is 14.3 Å². The molecule has 240 valence electrons. The monoisotopic (exact) mass is 642 g/mol. The van der Waals surface area contributed by atoms with Gasteiger partial charge >= 0.3 is 14.1 Å². The van der Waals surface area contributed by atoms with E-state index in [1.165, 1.54) is 31.9 Å². The predicted molar refractivity (Wildman–Crippen MR) is 162 cm³/mol. The van der Waals surface area contributed by atoms with Gasteiger partial charge < -0.3 is 39.8 Å². The van der Waals surface area contributed by atoms with Crippen LogP contribution in [0.15, 0.2) is 47.5 Å². The molecule has 0 radical (unpaired) electrons. The van der Waals surface area contributed by atoms with Crippen LogP contribution >= 0.6 is 8.17 Å². The van der Waals surface area contributed by atoms with E-state index in [9.17, 15) is 19.9 Å². The lowest BCUT2D eigenvalue weighted by Crippen LogP contribution is -2.44. The van der Waals surface area contributed by atoms with Gasteiger partial charge in [-0.2, -0.15) is 9.97 Å². The van der Waals surface area contributed by atoms with E-state index in [4.69, 9.17) is 29.2 Å². The molecule has 1 saturated heterocycles. The van der Waals surface area contributed by atoms with Crippen LogP contribution in [0.5, 0.6) is 17.4 Å². The van der Waals surface area contributed by atoms with Gasteiger partial charge in [0.2, 0.25) is 17.6 Å². The normalized spacial score (nSPS) is 22.6. The van der Waals surface area contributed by atoms with E-state index < -0.39 is 44.2 Å². The minimum absolute atomic E-state index is 0.0742. The molecule has 1 aliphatic heterocycles. The number of nitrogens with zero attached hydrogens (tertiary/aromatic N) is 5. The molecule has 4 N–H and O–H groups in total. The number of aliphatic hydroxyl groups is 2. The Hall–Kier alpha value is -4.14. The number of ether oxygens (including phenoxy) is 4. The number of carbonyl (C=O) groups is 1. The molecule has 0 amide bonds. The maximum Gasteiger partial charge on any atom is 0.395 e. The van der Waals surface area contributed by atoms with Crippen LogP contribution in [0.4, 0.5) is 5.95 Å². The minimum Gasteiger partial charge on any atom is -0.575 e. The smallest absolute Gasteiger partial charge is 0.395 e. The highest BCUT2D eigenvalue weighted by Crippen LogP contribution is 2.43. The van der Waals surface area contributed by atoms with Crippen LogP contribution in [0, 0.1) is 5.92 Å². The maximum absolute atomic E-state index is 13.0. The van der Waals surface area contributed by atoms with Crippen molar-refractivity contribution in [1.29, 1.82) is 0 Å². The van der Waals surface area contributed by atoms with E-state index in [0.717, 1.165) is 5.39 Å². The summed E-state index contributed by atoms with van der Waals surface area (Å²) >= 11 is 0. The molecule has 16 heteroatoms. The van der Waals surface area contributed by atoms with E-state index in [-0.39, 0.29) is 48.1 Å². The van der Waals surface area contributed by atoms with Crippen molar-refractivity contribution in [3.63, 3.8) is 0 Å². The summed E-state index contributed by atoms with van der Waals surface area (Å²) in [5.74, 6) is -0.105. The molecule has 4 aromatic rings. The van der Waals surface area contributed by atoms with E-state index >= 15 is 0 Å². The highest BCUT2D eigenvalue weighted by Gasteiger charge is 2.54. The van der Waals surface area contributed by atoms with Gasteiger partial charge in [0.25, 0.3) is 0 Å². The molecule has 0 aliphatic carbocycles. The van der Waals surface area contributed by atoms with E-state index in [1.807, 2.05) is 26.0 Å². The van der Waals surface area contributed by atoms with Crippen LogP contribution < -0.4 is 24.6 Å². The van der Waals surface area contributed by atoms with Gasteiger partial charge in [0.1, 0.15) is 24.4 Å². The third-order valence-electron chi connectivity index (χ3n) is 7.19. The Kier molecular flexibility index (Phi) is 9.37. The Morgan fingerprint density at radius 2 is 2.00 bits per heavy atom. The molecule has 2 aromatic heterocycles. The molecule has 0 saturated carbocycles. The fourth-order valence-corrected chi connectivity index (χ4v) is 5.63. The number of methoxy groups -OCH3 is 1. The van der Waals surface area contributed by atoms with E-state index in [0.29, 0.717) is 10.9 Å². The molecule has 2 aromatic carbocycles. The lowest BCUT2D eigenvalue weighted by molar-refractivity contribution is -0.169. The number of carbonyl (C=O) groups excluding carboxylic acids is 1. The summed E-state index contributed by atoms with van der Waals surface area (Å²) in [6, 6.07) is 9.60. The van der Waals surface area contributed by atoms with Gasteiger partial charge in [-0.1, -0.05) is 48.9 Å². The number of benzene rings is 2. The first-order valence-corrected chi connectivity index (χ1v) is 15.3. The summed E-state index contributed by atoms with van der Waals surface area (Å²) in [6.07, 6.45) is -2.19. The zero-order valence-electron chi connectivity index (χ0n) is 25.4. The Balaban J connectivity index is 1.38. The van der Waals surface area contributed by atoms with Gasteiger partial charge in [0.15, 0.2) is 29.2 Å². The van der Waals surface area contributed by atoms with Crippen LogP contribution in [0.1, 0.15) is 33.9 Å². The summed E-state index contributed by atoms with van der Waals surface area (Å²) in [4.78, 5) is 37.7. The molecule has 3 heterocycles. The molecule has 0 bridgehead atoms. The predicted octanol–water partition coefficient (Wildman–Crippen LogP) is 2.48. The summed E-state index contributed by atoms with van der Waals surface area (Å²) < 4.78 is 33.7. The summed E-state index contributed by atoms with van der Waals surface area (Å²) in [5.41, 5.74) is 4.56. The number of aromatic nitrogens is 4. The standard InChI is InChI=1S/C29H35N6O9P/c1-15(2)12-42-26(37)16(3)34-45(39)44-22-18-9-7-6-8-17(18)10-11-19(22)41-13-20-23(36)29(4,38)27(43-20)35-14-31-21-24(35)32-28(30)33-25(21)40-5/h6-11,14-16,20,23,27,36,38H,12-13H2,1-5H3,(H2,30,32,33)/t16-,20+,23+,27?,29+/m0/s1. The molecule has 0 spiro atoms. The van der Waals surface area contributed by atoms with Crippen molar-refractivity contribution in [3.05, 3.63) is 42.7 Å². The van der Waals surface area contributed by atoms with Gasteiger partial charge in [-0.3, -0.25) is 9.09 Å². The number of esters is 1. The van der Waals surface area contributed by atoms with Gasteiger partial charge in [-0.25, -0.2) is 9.78 Å². The Morgan fingerprint density at radius 3 is 2.73 bits per heavy atom. The lowest BCUT2D eigenvalue weighted by atomic mass is 9.96. The average Bonchev–Trinajstić information content (AvgIpc) is 3.51. The fourth-order valence-electron chi connectivity index (χ4n) is 4.86. The van der Waals surface area contributed by atoms with Gasteiger partial charge in [0, 0.05) is 5.39 Å². The second-order valence-corrected chi connectivity index (χ2v) is 12.1. The molecular formula is C29H35N6O9P. The fraction of sp³-hybridized carbons (Fsp3) is 0.448. The average molecular weight is 643 g/mol. The molecule has 1 fully saturated rings. The second-order valence-electron chi connectivity index (χ2n) is 11.2. The van der Waals surface area contributed by atoms with Crippen LogP contribution in [0.3, 0.4) is 0 Å². The van der Waals surface area contributed by atoms with E-state index in [2.05, 4.69) is 19.7 Å². The van der Waals surface area contributed by atoms with Crippen molar-refractivity contribution in [2.45, 2.75) is 57.8 Å². The van der Waals surface area contributed by atoms with Gasteiger partial charge in [-0.05, 0) is 31.2 Å². The number of anilines is 1. The third kappa shape index (κ3) is 6.63. The first-order chi connectivity index (χ1) is 21.4. The second kappa shape index (κ2) is 13.1. The summed E-state index contributed by atoms with van der Waals surface area (Å²) in [5, 5.41) is 23.8. The quantitative estimate of drug-likeness (QED) is 0.159. The number of rotatable bonds is 11. The maximum atomic E-state index is 13.0. The number of nitrogen functional groups attached to an aromatic ring is 1. The van der Waals surface area contributed by atoms with Gasteiger partial charge in [-0.15, -0.1) is 0 Å². The molecular weight excluding hydrogens is 607 g/mol.